The largest absolute Gasteiger partial charge is 0.409 e. The monoisotopic (exact) mass is 257 g/mol. The lowest BCUT2D eigenvalue weighted by atomic mass is 9.61. The van der Waals surface area contributed by atoms with Crippen molar-refractivity contribution in [1.29, 1.82) is 0 Å². The Morgan fingerprint density at radius 3 is 2.56 bits per heavy atom. The molecule has 104 valence electrons. The SMILES string of the molecule is CCN(CCCO)C(=O)C1(C(N)=NO)CC(C)C1. The summed E-state index contributed by atoms with van der Waals surface area (Å²) in [6.45, 7) is 5.04. The predicted molar refractivity (Wildman–Crippen MR) is 68.2 cm³/mol. The van der Waals surface area contributed by atoms with Crippen LogP contribution in [0.25, 0.3) is 0 Å². The van der Waals surface area contributed by atoms with Crippen molar-refractivity contribution in [3.63, 3.8) is 0 Å². The molecule has 1 saturated carbocycles. The summed E-state index contributed by atoms with van der Waals surface area (Å²) in [6, 6.07) is 0. The van der Waals surface area contributed by atoms with Crippen molar-refractivity contribution < 1.29 is 15.1 Å². The van der Waals surface area contributed by atoms with Crippen LogP contribution in [-0.2, 0) is 4.79 Å². The van der Waals surface area contributed by atoms with Crippen molar-refractivity contribution in [1.82, 2.24) is 4.90 Å². The van der Waals surface area contributed by atoms with E-state index in [0.717, 1.165) is 0 Å². The van der Waals surface area contributed by atoms with Gasteiger partial charge in [-0.3, -0.25) is 4.79 Å². The molecule has 18 heavy (non-hydrogen) atoms. The van der Waals surface area contributed by atoms with Crippen LogP contribution < -0.4 is 5.73 Å². The number of nitrogens with two attached hydrogens (primary N) is 1. The minimum absolute atomic E-state index is 0.00745. The number of oxime groups is 1. The number of hydrogen-bond acceptors (Lipinski definition) is 4. The molecule has 0 aromatic carbocycles. The van der Waals surface area contributed by atoms with Crippen LogP contribution in [0.1, 0.15) is 33.1 Å². The van der Waals surface area contributed by atoms with Gasteiger partial charge in [-0.2, -0.15) is 0 Å². The number of carbonyl (C=O) groups excluding carboxylic acids is 1. The van der Waals surface area contributed by atoms with Gasteiger partial charge in [0.05, 0.1) is 0 Å². The summed E-state index contributed by atoms with van der Waals surface area (Å²) in [4.78, 5) is 14.2. The number of aliphatic hydroxyl groups is 1. The first-order chi connectivity index (χ1) is 8.51. The van der Waals surface area contributed by atoms with Gasteiger partial charge in [-0.25, -0.2) is 0 Å². The number of amides is 1. The standard InChI is InChI=1S/C12H23N3O3/c1-3-15(5-4-6-16)11(17)12(10(13)14-18)7-9(2)8-12/h9,16,18H,3-8H2,1-2H3,(H2,13,14). The highest BCUT2D eigenvalue weighted by atomic mass is 16.4. The molecule has 0 aliphatic heterocycles. The maximum absolute atomic E-state index is 12.5. The van der Waals surface area contributed by atoms with E-state index in [4.69, 9.17) is 16.0 Å². The van der Waals surface area contributed by atoms with Gasteiger partial charge < -0.3 is 20.9 Å². The summed E-state index contributed by atoms with van der Waals surface area (Å²) in [6.07, 6.45) is 1.79. The Labute approximate surface area is 107 Å². The molecule has 1 amide bonds. The van der Waals surface area contributed by atoms with E-state index in [1.807, 2.05) is 13.8 Å². The Hall–Kier alpha value is -1.30. The van der Waals surface area contributed by atoms with Gasteiger partial charge in [-0.15, -0.1) is 0 Å². The normalized spacial score (nSPS) is 27.7. The smallest absolute Gasteiger partial charge is 0.236 e. The number of amidine groups is 1. The molecule has 0 atom stereocenters. The van der Waals surface area contributed by atoms with Crippen LogP contribution in [0.15, 0.2) is 5.16 Å². The lowest BCUT2D eigenvalue weighted by molar-refractivity contribution is -0.144. The minimum Gasteiger partial charge on any atom is -0.409 e. The zero-order chi connectivity index (χ0) is 13.8. The molecule has 1 fully saturated rings. The average molecular weight is 257 g/mol. The van der Waals surface area contributed by atoms with E-state index in [1.54, 1.807) is 4.90 Å². The summed E-state index contributed by atoms with van der Waals surface area (Å²) < 4.78 is 0. The highest BCUT2D eigenvalue weighted by Crippen LogP contribution is 2.47. The molecule has 4 N–H and O–H groups in total. The van der Waals surface area contributed by atoms with Crippen LogP contribution in [0.5, 0.6) is 0 Å². The van der Waals surface area contributed by atoms with Crippen LogP contribution >= 0.6 is 0 Å². The second-order valence-corrected chi connectivity index (χ2v) is 5.04. The Bertz CT molecular complexity index is 325. The van der Waals surface area contributed by atoms with Crippen LogP contribution in [0.4, 0.5) is 0 Å². The van der Waals surface area contributed by atoms with Gasteiger partial charge in [0.15, 0.2) is 5.84 Å². The number of rotatable bonds is 6. The number of carbonyl (C=O) groups is 1. The number of aliphatic hydroxyl groups excluding tert-OH is 1. The minimum atomic E-state index is -0.834. The fourth-order valence-corrected chi connectivity index (χ4v) is 2.69. The zero-order valence-corrected chi connectivity index (χ0v) is 11.1. The maximum atomic E-state index is 12.5. The van der Waals surface area contributed by atoms with E-state index in [1.165, 1.54) is 0 Å². The lowest BCUT2D eigenvalue weighted by Gasteiger charge is -2.46. The lowest BCUT2D eigenvalue weighted by Crippen LogP contribution is -2.57. The molecule has 1 rings (SSSR count). The van der Waals surface area contributed by atoms with E-state index in [0.29, 0.717) is 38.3 Å². The van der Waals surface area contributed by atoms with Crippen molar-refractivity contribution in [3.05, 3.63) is 0 Å². The molecule has 0 unspecified atom stereocenters. The third kappa shape index (κ3) is 2.58. The fraction of sp³-hybridized carbons (Fsp3) is 0.833. The summed E-state index contributed by atoms with van der Waals surface area (Å²) in [5.41, 5.74) is 4.87. The summed E-state index contributed by atoms with van der Waals surface area (Å²) >= 11 is 0. The molecule has 0 bridgehead atoms. The predicted octanol–water partition coefficient (Wildman–Crippen LogP) is 0.380. The van der Waals surface area contributed by atoms with Gasteiger partial charge in [-0.05, 0) is 32.1 Å². The van der Waals surface area contributed by atoms with Crippen molar-refractivity contribution in [2.24, 2.45) is 22.2 Å². The molecule has 0 heterocycles. The topological polar surface area (TPSA) is 99.2 Å². The molecule has 6 nitrogen and oxygen atoms in total. The summed E-state index contributed by atoms with van der Waals surface area (Å²) in [5, 5.41) is 20.7. The Morgan fingerprint density at radius 2 is 2.17 bits per heavy atom. The first-order valence-corrected chi connectivity index (χ1v) is 6.40. The van der Waals surface area contributed by atoms with Gasteiger partial charge in [0.1, 0.15) is 5.41 Å². The molecule has 6 heteroatoms. The van der Waals surface area contributed by atoms with Gasteiger partial charge in [0, 0.05) is 19.7 Å². The fourth-order valence-electron chi connectivity index (χ4n) is 2.69. The molecule has 1 aliphatic rings. The second-order valence-electron chi connectivity index (χ2n) is 5.04. The molecule has 0 saturated heterocycles. The maximum Gasteiger partial charge on any atom is 0.236 e. The third-order valence-electron chi connectivity index (χ3n) is 3.66. The van der Waals surface area contributed by atoms with Crippen molar-refractivity contribution in [3.8, 4) is 0 Å². The molecule has 1 aliphatic carbocycles. The van der Waals surface area contributed by atoms with Crippen LogP contribution in [-0.4, -0.2) is 46.7 Å². The van der Waals surface area contributed by atoms with E-state index < -0.39 is 5.41 Å². The first-order valence-electron chi connectivity index (χ1n) is 6.40. The van der Waals surface area contributed by atoms with Crippen LogP contribution in [0, 0.1) is 11.3 Å². The van der Waals surface area contributed by atoms with Gasteiger partial charge in [-0.1, -0.05) is 12.1 Å². The van der Waals surface area contributed by atoms with E-state index in [2.05, 4.69) is 5.16 Å². The third-order valence-corrected chi connectivity index (χ3v) is 3.66. The van der Waals surface area contributed by atoms with E-state index >= 15 is 0 Å². The average Bonchev–Trinajstić information content (AvgIpc) is 2.34. The Kier molecular flexibility index (Phi) is 4.95. The molecule has 0 radical (unpaired) electrons. The van der Waals surface area contributed by atoms with Crippen molar-refractivity contribution >= 4 is 11.7 Å². The van der Waals surface area contributed by atoms with E-state index in [-0.39, 0.29) is 18.3 Å². The molecular weight excluding hydrogens is 234 g/mol. The number of nitrogens with zero attached hydrogens (tertiary/aromatic N) is 2. The summed E-state index contributed by atoms with van der Waals surface area (Å²) in [5.74, 6) is 0.325. The second kappa shape index (κ2) is 6.04. The zero-order valence-electron chi connectivity index (χ0n) is 11.1. The van der Waals surface area contributed by atoms with Gasteiger partial charge in [0.25, 0.3) is 0 Å². The highest BCUT2D eigenvalue weighted by molar-refractivity contribution is 6.07. The molecule has 0 spiro atoms. The van der Waals surface area contributed by atoms with Crippen LogP contribution in [0.2, 0.25) is 0 Å². The van der Waals surface area contributed by atoms with E-state index in [9.17, 15) is 4.79 Å². The Morgan fingerprint density at radius 1 is 1.56 bits per heavy atom. The quantitative estimate of drug-likeness (QED) is 0.277. The van der Waals surface area contributed by atoms with Crippen LogP contribution in [0.3, 0.4) is 0 Å². The Balaban J connectivity index is 2.83. The van der Waals surface area contributed by atoms with Crippen molar-refractivity contribution in [2.75, 3.05) is 19.7 Å². The first kappa shape index (κ1) is 14.8. The highest BCUT2D eigenvalue weighted by Gasteiger charge is 2.53. The van der Waals surface area contributed by atoms with Gasteiger partial charge >= 0.3 is 0 Å². The molecular formula is C12H23N3O3. The summed E-state index contributed by atoms with van der Waals surface area (Å²) in [7, 11) is 0. The number of hydrogen-bond donors (Lipinski definition) is 3. The van der Waals surface area contributed by atoms with Gasteiger partial charge in [0.2, 0.25) is 5.91 Å². The van der Waals surface area contributed by atoms with Crippen molar-refractivity contribution in [2.45, 2.75) is 33.1 Å². The molecule has 0 aromatic heterocycles. The molecule has 0 aromatic rings.